The van der Waals surface area contributed by atoms with E-state index in [-0.39, 0.29) is 0 Å². The maximum Gasteiger partial charge on any atom is 0.0888 e. The number of ether oxygens (including phenoxy) is 1. The van der Waals surface area contributed by atoms with Gasteiger partial charge in [0.25, 0.3) is 0 Å². The number of benzene rings is 1. The van der Waals surface area contributed by atoms with Gasteiger partial charge in [0, 0.05) is 12.2 Å². The van der Waals surface area contributed by atoms with Gasteiger partial charge in [0.15, 0.2) is 0 Å². The zero-order valence-corrected chi connectivity index (χ0v) is 10.1. The normalized spacial score (nSPS) is 10.4. The molecule has 0 radical (unpaired) electrons. The maximum atomic E-state index is 5.50. The third-order valence-electron chi connectivity index (χ3n) is 2.47. The first-order valence-electron chi connectivity index (χ1n) is 5.99. The third-order valence-corrected chi connectivity index (χ3v) is 2.47. The van der Waals surface area contributed by atoms with Crippen LogP contribution in [0.25, 0.3) is 11.3 Å². The van der Waals surface area contributed by atoms with Gasteiger partial charge in [-0.05, 0) is 18.6 Å². The van der Waals surface area contributed by atoms with Crippen molar-refractivity contribution < 1.29 is 4.74 Å². The Hall–Kier alpha value is -1.67. The maximum absolute atomic E-state index is 5.50. The molecule has 0 aliphatic rings. The first kappa shape index (κ1) is 11.8. The number of hydrogen-bond donors (Lipinski definition) is 0. The molecule has 0 spiro atoms. The van der Waals surface area contributed by atoms with Crippen molar-refractivity contribution in [3.63, 3.8) is 0 Å². The summed E-state index contributed by atoms with van der Waals surface area (Å²) in [5.74, 6) is 0. The van der Waals surface area contributed by atoms with Crippen LogP contribution in [0.4, 0.5) is 0 Å². The zero-order valence-electron chi connectivity index (χ0n) is 10.1. The van der Waals surface area contributed by atoms with Gasteiger partial charge in [0.2, 0.25) is 0 Å². The predicted molar refractivity (Wildman–Crippen MR) is 69.6 cm³/mol. The van der Waals surface area contributed by atoms with Crippen LogP contribution in [0.15, 0.2) is 48.5 Å². The second-order valence-corrected chi connectivity index (χ2v) is 3.93. The van der Waals surface area contributed by atoms with Crippen molar-refractivity contribution in [2.45, 2.75) is 20.0 Å². The molecule has 0 fully saturated rings. The summed E-state index contributed by atoms with van der Waals surface area (Å²) >= 11 is 0. The Balaban J connectivity index is 2.12. The van der Waals surface area contributed by atoms with Crippen molar-refractivity contribution in [2.24, 2.45) is 0 Å². The largest absolute Gasteiger partial charge is 0.375 e. The summed E-state index contributed by atoms with van der Waals surface area (Å²) in [6, 6.07) is 16.3. The van der Waals surface area contributed by atoms with Gasteiger partial charge in [-0.15, -0.1) is 0 Å². The fourth-order valence-electron chi connectivity index (χ4n) is 1.65. The van der Waals surface area contributed by atoms with Crippen LogP contribution in [0, 0.1) is 0 Å². The van der Waals surface area contributed by atoms with Gasteiger partial charge in [0.1, 0.15) is 0 Å². The summed E-state index contributed by atoms with van der Waals surface area (Å²) in [6.07, 6.45) is 1.04. The first-order valence-corrected chi connectivity index (χ1v) is 5.99. The Morgan fingerprint density at radius 1 is 1.00 bits per heavy atom. The summed E-state index contributed by atoms with van der Waals surface area (Å²) in [7, 11) is 0. The van der Waals surface area contributed by atoms with Gasteiger partial charge in [-0.2, -0.15) is 0 Å². The fourth-order valence-corrected chi connectivity index (χ4v) is 1.65. The molecule has 0 aliphatic carbocycles. The smallest absolute Gasteiger partial charge is 0.0888 e. The standard InChI is InChI=1S/C15H17NO/c1-2-11-17-12-14-9-6-10-15(16-14)13-7-4-3-5-8-13/h3-10H,2,11-12H2,1H3. The third kappa shape index (κ3) is 3.40. The molecule has 2 heteroatoms. The molecule has 88 valence electrons. The van der Waals surface area contributed by atoms with Gasteiger partial charge in [-0.1, -0.05) is 43.3 Å². The molecule has 2 aromatic rings. The van der Waals surface area contributed by atoms with E-state index in [4.69, 9.17) is 4.74 Å². The number of pyridine rings is 1. The average molecular weight is 227 g/mol. The zero-order chi connectivity index (χ0) is 11.9. The lowest BCUT2D eigenvalue weighted by atomic mass is 10.1. The Morgan fingerprint density at radius 2 is 1.82 bits per heavy atom. The van der Waals surface area contributed by atoms with Crippen molar-refractivity contribution in [3.05, 3.63) is 54.2 Å². The van der Waals surface area contributed by atoms with E-state index in [0.29, 0.717) is 6.61 Å². The summed E-state index contributed by atoms with van der Waals surface area (Å²) in [6.45, 7) is 3.49. The van der Waals surface area contributed by atoms with E-state index in [1.807, 2.05) is 36.4 Å². The highest BCUT2D eigenvalue weighted by atomic mass is 16.5. The molecule has 2 rings (SSSR count). The lowest BCUT2D eigenvalue weighted by molar-refractivity contribution is 0.119. The van der Waals surface area contributed by atoms with Crippen molar-refractivity contribution in [1.82, 2.24) is 4.98 Å². The van der Waals surface area contributed by atoms with E-state index in [0.717, 1.165) is 30.0 Å². The fraction of sp³-hybridized carbons (Fsp3) is 0.267. The Bertz CT molecular complexity index is 453. The number of aromatic nitrogens is 1. The van der Waals surface area contributed by atoms with Crippen LogP contribution >= 0.6 is 0 Å². The SMILES string of the molecule is CCCOCc1cccc(-c2ccccc2)n1. The van der Waals surface area contributed by atoms with Crippen molar-refractivity contribution in [2.75, 3.05) is 6.61 Å². The molecule has 0 unspecified atom stereocenters. The molecule has 0 amide bonds. The van der Waals surface area contributed by atoms with Crippen LogP contribution in [-0.4, -0.2) is 11.6 Å². The van der Waals surface area contributed by atoms with E-state index in [1.165, 1.54) is 0 Å². The van der Waals surface area contributed by atoms with Crippen LogP contribution in [0.5, 0.6) is 0 Å². The topological polar surface area (TPSA) is 22.1 Å². The minimum atomic E-state index is 0.592. The summed E-state index contributed by atoms with van der Waals surface area (Å²) in [4.78, 5) is 4.59. The van der Waals surface area contributed by atoms with Crippen LogP contribution in [0.2, 0.25) is 0 Å². The van der Waals surface area contributed by atoms with Crippen LogP contribution < -0.4 is 0 Å². The summed E-state index contributed by atoms with van der Waals surface area (Å²) in [5.41, 5.74) is 3.13. The minimum Gasteiger partial charge on any atom is -0.375 e. The highest BCUT2D eigenvalue weighted by Gasteiger charge is 2.00. The highest BCUT2D eigenvalue weighted by Crippen LogP contribution is 2.16. The van der Waals surface area contributed by atoms with Crippen molar-refractivity contribution in [3.8, 4) is 11.3 Å². The average Bonchev–Trinajstić information content (AvgIpc) is 2.41. The monoisotopic (exact) mass is 227 g/mol. The number of nitrogens with zero attached hydrogens (tertiary/aromatic N) is 1. The van der Waals surface area contributed by atoms with Gasteiger partial charge < -0.3 is 4.74 Å². The van der Waals surface area contributed by atoms with Crippen LogP contribution in [0.3, 0.4) is 0 Å². The van der Waals surface area contributed by atoms with Crippen LogP contribution in [0.1, 0.15) is 19.0 Å². The molecule has 17 heavy (non-hydrogen) atoms. The van der Waals surface area contributed by atoms with Gasteiger partial charge >= 0.3 is 0 Å². The van der Waals surface area contributed by atoms with E-state index in [1.54, 1.807) is 0 Å². The molecule has 0 saturated carbocycles. The highest BCUT2D eigenvalue weighted by molar-refractivity contribution is 5.58. The lowest BCUT2D eigenvalue weighted by Gasteiger charge is -2.05. The Labute approximate surface area is 102 Å². The second kappa shape index (κ2) is 6.16. The molecule has 1 aromatic heterocycles. The molecule has 0 aliphatic heterocycles. The lowest BCUT2D eigenvalue weighted by Crippen LogP contribution is -1.97. The first-order chi connectivity index (χ1) is 8.40. The number of hydrogen-bond acceptors (Lipinski definition) is 2. The van der Waals surface area contributed by atoms with E-state index in [9.17, 15) is 0 Å². The quantitative estimate of drug-likeness (QED) is 0.727. The van der Waals surface area contributed by atoms with E-state index >= 15 is 0 Å². The van der Waals surface area contributed by atoms with E-state index < -0.39 is 0 Å². The molecule has 1 heterocycles. The molecule has 0 atom stereocenters. The minimum absolute atomic E-state index is 0.592. The van der Waals surface area contributed by atoms with Crippen LogP contribution in [-0.2, 0) is 11.3 Å². The molecular weight excluding hydrogens is 210 g/mol. The molecule has 0 N–H and O–H groups in total. The Morgan fingerprint density at radius 3 is 2.59 bits per heavy atom. The van der Waals surface area contributed by atoms with Gasteiger partial charge in [0.05, 0.1) is 18.0 Å². The molecule has 1 aromatic carbocycles. The van der Waals surface area contributed by atoms with E-state index in [2.05, 4.69) is 24.0 Å². The van der Waals surface area contributed by atoms with Gasteiger partial charge in [-0.25, -0.2) is 0 Å². The summed E-state index contributed by atoms with van der Waals surface area (Å²) < 4.78 is 5.50. The van der Waals surface area contributed by atoms with Gasteiger partial charge in [-0.3, -0.25) is 4.98 Å². The molecule has 0 saturated heterocycles. The Kier molecular flexibility index (Phi) is 4.28. The molecule has 0 bridgehead atoms. The van der Waals surface area contributed by atoms with Crippen molar-refractivity contribution >= 4 is 0 Å². The molecular formula is C15H17NO. The van der Waals surface area contributed by atoms with Crippen molar-refractivity contribution in [1.29, 1.82) is 0 Å². The number of rotatable bonds is 5. The molecule has 2 nitrogen and oxygen atoms in total. The summed E-state index contributed by atoms with van der Waals surface area (Å²) in [5, 5.41) is 0. The predicted octanol–water partition coefficient (Wildman–Crippen LogP) is 3.68. The second-order valence-electron chi connectivity index (χ2n) is 3.93.